The van der Waals surface area contributed by atoms with Crippen molar-refractivity contribution in [2.75, 3.05) is 6.61 Å². The molecule has 3 nitrogen and oxygen atoms in total. The van der Waals surface area contributed by atoms with Crippen LogP contribution in [0.25, 0.3) is 32.3 Å². The van der Waals surface area contributed by atoms with Gasteiger partial charge in [-0.2, -0.15) is 0 Å². The van der Waals surface area contributed by atoms with E-state index in [1.165, 1.54) is 21.7 Å². The Morgan fingerprint density at radius 3 is 2.00 bits per heavy atom. The van der Waals surface area contributed by atoms with Crippen molar-refractivity contribution in [3.05, 3.63) is 71.8 Å². The Morgan fingerprint density at radius 1 is 0.792 bits per heavy atom. The van der Waals surface area contributed by atoms with Crippen LogP contribution in [0.3, 0.4) is 0 Å². The number of epoxide rings is 1. The van der Waals surface area contributed by atoms with Crippen molar-refractivity contribution in [3.63, 3.8) is 0 Å². The standard InChI is InChI=1S/C21H15NO2/c22-21(23)19-6-2-4-13-15-7-9-16-12(14(15)8-10-17(13)19)3-1-5-18(16)20-11-24-20/h1-10,20H,11H2,(H2,22,23). The SMILES string of the molecule is NC(=O)c1cccc2c1ccc1c3cccc(C4CO4)c3ccc21. The van der Waals surface area contributed by atoms with Crippen molar-refractivity contribution in [2.24, 2.45) is 5.73 Å². The van der Waals surface area contributed by atoms with Gasteiger partial charge in [-0.05, 0) is 43.9 Å². The molecule has 4 aromatic carbocycles. The summed E-state index contributed by atoms with van der Waals surface area (Å²) in [6, 6.07) is 20.5. The largest absolute Gasteiger partial charge is 0.368 e. The Hall–Kier alpha value is -2.91. The van der Waals surface area contributed by atoms with Gasteiger partial charge in [0, 0.05) is 5.56 Å². The predicted octanol–water partition coefficient (Wildman–Crippen LogP) is 4.32. The molecule has 24 heavy (non-hydrogen) atoms. The van der Waals surface area contributed by atoms with Crippen molar-refractivity contribution >= 4 is 38.2 Å². The smallest absolute Gasteiger partial charge is 0.249 e. The molecule has 0 aromatic heterocycles. The summed E-state index contributed by atoms with van der Waals surface area (Å²) < 4.78 is 5.48. The highest BCUT2D eigenvalue weighted by atomic mass is 16.6. The number of fused-ring (bicyclic) bond motifs is 5. The summed E-state index contributed by atoms with van der Waals surface area (Å²) >= 11 is 0. The minimum absolute atomic E-state index is 0.230. The quantitative estimate of drug-likeness (QED) is 0.443. The average Bonchev–Trinajstić information content (AvgIpc) is 3.44. The molecule has 1 aliphatic heterocycles. The van der Waals surface area contributed by atoms with E-state index in [0.717, 1.165) is 22.8 Å². The first kappa shape index (κ1) is 13.5. The van der Waals surface area contributed by atoms with E-state index < -0.39 is 5.91 Å². The van der Waals surface area contributed by atoms with Crippen molar-refractivity contribution in [1.29, 1.82) is 0 Å². The third kappa shape index (κ3) is 1.85. The number of ether oxygens (including phenoxy) is 1. The fraction of sp³-hybridized carbons (Fsp3) is 0.0952. The fourth-order valence-corrected chi connectivity index (χ4v) is 3.69. The number of rotatable bonds is 2. The lowest BCUT2D eigenvalue weighted by Crippen LogP contribution is -2.11. The van der Waals surface area contributed by atoms with Gasteiger partial charge in [0.1, 0.15) is 6.10 Å². The molecule has 0 saturated carbocycles. The van der Waals surface area contributed by atoms with Crippen LogP contribution >= 0.6 is 0 Å². The first-order chi connectivity index (χ1) is 11.7. The summed E-state index contributed by atoms with van der Waals surface area (Å²) in [5, 5.41) is 6.73. The van der Waals surface area contributed by atoms with E-state index in [2.05, 4.69) is 36.4 Å². The number of amides is 1. The van der Waals surface area contributed by atoms with Crippen LogP contribution in [0, 0.1) is 0 Å². The topological polar surface area (TPSA) is 55.6 Å². The maximum Gasteiger partial charge on any atom is 0.249 e. The van der Waals surface area contributed by atoms with Gasteiger partial charge in [0.15, 0.2) is 0 Å². The molecule has 2 N–H and O–H groups in total. The Morgan fingerprint density at radius 2 is 1.33 bits per heavy atom. The molecule has 0 aliphatic carbocycles. The van der Waals surface area contributed by atoms with Gasteiger partial charge in [0.25, 0.3) is 0 Å². The molecule has 1 unspecified atom stereocenters. The van der Waals surface area contributed by atoms with Crippen LogP contribution in [0.2, 0.25) is 0 Å². The fourth-order valence-electron chi connectivity index (χ4n) is 3.69. The van der Waals surface area contributed by atoms with Crippen LogP contribution in [0.5, 0.6) is 0 Å². The molecule has 1 saturated heterocycles. The van der Waals surface area contributed by atoms with Crippen molar-refractivity contribution in [3.8, 4) is 0 Å². The summed E-state index contributed by atoms with van der Waals surface area (Å²) in [4.78, 5) is 11.7. The minimum Gasteiger partial charge on any atom is -0.368 e. The second-order valence-corrected chi connectivity index (χ2v) is 6.26. The van der Waals surface area contributed by atoms with E-state index in [4.69, 9.17) is 10.5 Å². The maximum atomic E-state index is 11.7. The summed E-state index contributed by atoms with van der Waals surface area (Å²) in [6.45, 7) is 0.802. The number of carbonyl (C=O) groups excluding carboxylic acids is 1. The van der Waals surface area contributed by atoms with Gasteiger partial charge in [-0.15, -0.1) is 0 Å². The summed E-state index contributed by atoms with van der Waals surface area (Å²) in [6.07, 6.45) is 0.230. The molecule has 0 radical (unpaired) electrons. The summed E-state index contributed by atoms with van der Waals surface area (Å²) in [7, 11) is 0. The number of carbonyl (C=O) groups is 1. The zero-order chi connectivity index (χ0) is 16.3. The van der Waals surface area contributed by atoms with E-state index in [0.29, 0.717) is 5.56 Å². The van der Waals surface area contributed by atoms with Gasteiger partial charge in [-0.25, -0.2) is 0 Å². The highest BCUT2D eigenvalue weighted by Gasteiger charge is 2.26. The van der Waals surface area contributed by atoms with E-state index in [-0.39, 0.29) is 6.10 Å². The molecule has 1 fully saturated rings. The number of hydrogen-bond donors (Lipinski definition) is 1. The summed E-state index contributed by atoms with van der Waals surface area (Å²) in [5.41, 5.74) is 7.34. The molecule has 0 spiro atoms. The van der Waals surface area contributed by atoms with Gasteiger partial charge in [0.2, 0.25) is 5.91 Å². The molecule has 0 bridgehead atoms. The molecular formula is C21H15NO2. The Labute approximate surface area is 138 Å². The van der Waals surface area contributed by atoms with Crippen LogP contribution in [0.15, 0.2) is 60.7 Å². The lowest BCUT2D eigenvalue weighted by molar-refractivity contribution is 0.100. The summed E-state index contributed by atoms with van der Waals surface area (Å²) in [5.74, 6) is -0.395. The van der Waals surface area contributed by atoms with Gasteiger partial charge >= 0.3 is 0 Å². The van der Waals surface area contributed by atoms with Crippen molar-refractivity contribution < 1.29 is 9.53 Å². The lowest BCUT2D eigenvalue weighted by Gasteiger charge is -2.11. The van der Waals surface area contributed by atoms with Gasteiger partial charge < -0.3 is 10.5 Å². The molecule has 3 heteroatoms. The molecule has 5 rings (SSSR count). The normalized spacial score (nSPS) is 16.8. The first-order valence-corrected chi connectivity index (χ1v) is 8.02. The zero-order valence-electron chi connectivity index (χ0n) is 13.0. The number of nitrogens with two attached hydrogens (primary N) is 1. The highest BCUT2D eigenvalue weighted by Crippen LogP contribution is 2.38. The third-order valence-electron chi connectivity index (χ3n) is 4.90. The molecule has 116 valence electrons. The maximum absolute atomic E-state index is 11.7. The minimum atomic E-state index is -0.395. The second-order valence-electron chi connectivity index (χ2n) is 6.26. The van der Waals surface area contributed by atoms with Crippen molar-refractivity contribution in [1.82, 2.24) is 0 Å². The highest BCUT2D eigenvalue weighted by molar-refractivity contribution is 6.20. The van der Waals surface area contributed by atoms with E-state index in [1.807, 2.05) is 18.2 Å². The molecule has 1 amide bonds. The monoisotopic (exact) mass is 313 g/mol. The Bertz CT molecular complexity index is 1140. The Balaban J connectivity index is 1.91. The molecule has 1 heterocycles. The van der Waals surface area contributed by atoms with E-state index >= 15 is 0 Å². The number of hydrogen-bond acceptors (Lipinski definition) is 2. The molecule has 4 aromatic rings. The van der Waals surface area contributed by atoms with E-state index in [1.54, 1.807) is 6.07 Å². The lowest BCUT2D eigenvalue weighted by atomic mass is 9.93. The first-order valence-electron chi connectivity index (χ1n) is 8.02. The third-order valence-corrected chi connectivity index (χ3v) is 4.90. The Kier molecular flexibility index (Phi) is 2.70. The molecular weight excluding hydrogens is 298 g/mol. The van der Waals surface area contributed by atoms with Crippen LogP contribution in [-0.4, -0.2) is 12.5 Å². The number of primary amides is 1. The molecule has 1 aliphatic rings. The molecule has 1 atom stereocenters. The van der Waals surface area contributed by atoms with Crippen LogP contribution < -0.4 is 5.73 Å². The average molecular weight is 313 g/mol. The van der Waals surface area contributed by atoms with Crippen molar-refractivity contribution in [2.45, 2.75) is 6.10 Å². The number of benzene rings is 4. The van der Waals surface area contributed by atoms with Gasteiger partial charge in [0.05, 0.1) is 6.61 Å². The van der Waals surface area contributed by atoms with Crippen LogP contribution in [-0.2, 0) is 4.74 Å². The van der Waals surface area contributed by atoms with E-state index in [9.17, 15) is 4.79 Å². The predicted molar refractivity (Wildman–Crippen MR) is 96.2 cm³/mol. The van der Waals surface area contributed by atoms with Crippen LogP contribution in [0.1, 0.15) is 22.0 Å². The second kappa shape index (κ2) is 4.79. The zero-order valence-corrected chi connectivity index (χ0v) is 13.0. The van der Waals surface area contributed by atoms with Crippen LogP contribution in [0.4, 0.5) is 0 Å². The van der Waals surface area contributed by atoms with Gasteiger partial charge in [-0.1, -0.05) is 54.6 Å². The van der Waals surface area contributed by atoms with Gasteiger partial charge in [-0.3, -0.25) is 4.79 Å².